The zero-order chi connectivity index (χ0) is 18.7. The first-order valence-electron chi connectivity index (χ1n) is 7.97. The zero-order valence-electron chi connectivity index (χ0n) is 13.6. The van der Waals surface area contributed by atoms with Crippen molar-refractivity contribution in [3.05, 3.63) is 65.2 Å². The predicted octanol–water partition coefficient (Wildman–Crippen LogP) is 0.607. The summed E-state index contributed by atoms with van der Waals surface area (Å²) in [5, 5.41) is 37.4. The van der Waals surface area contributed by atoms with Gasteiger partial charge in [0, 0.05) is 11.1 Å². The third kappa shape index (κ3) is 3.59. The number of hydrogen-bond acceptors (Lipinski definition) is 7. The number of carbonyl (C=O) groups excluding carboxylic acids is 1. The molecule has 0 aliphatic carbocycles. The van der Waals surface area contributed by atoms with E-state index in [2.05, 4.69) is 0 Å². The van der Waals surface area contributed by atoms with Gasteiger partial charge in [-0.05, 0) is 48.5 Å². The summed E-state index contributed by atoms with van der Waals surface area (Å²) in [4.78, 5) is 12.4. The third-order valence-corrected chi connectivity index (χ3v) is 4.14. The van der Waals surface area contributed by atoms with Crippen LogP contribution in [0.1, 0.15) is 21.5 Å². The molecule has 2 aromatic carbocycles. The lowest BCUT2D eigenvalue weighted by Crippen LogP contribution is -2.35. The van der Waals surface area contributed by atoms with Gasteiger partial charge in [0.1, 0.15) is 24.1 Å². The van der Waals surface area contributed by atoms with E-state index in [1.807, 2.05) is 6.07 Å². The standard InChI is InChI=1S/C19H17NO6/c20-9-11-1-3-12(4-2-11)16(22)13-5-7-14(8-6-13)25-19-18(24)17(23)15(10-21)26-19/h1-8,15,17-19,21,23-24H,10H2/t15-,17-,18-,19+/m1/s1. The van der Waals surface area contributed by atoms with Crippen molar-refractivity contribution in [1.82, 2.24) is 0 Å². The van der Waals surface area contributed by atoms with Crippen molar-refractivity contribution in [2.75, 3.05) is 6.61 Å². The second-order valence-electron chi connectivity index (χ2n) is 5.87. The molecule has 0 saturated carbocycles. The summed E-state index contributed by atoms with van der Waals surface area (Å²) in [6.07, 6.45) is -4.54. The van der Waals surface area contributed by atoms with Crippen LogP contribution in [0.3, 0.4) is 0 Å². The Kier molecular flexibility index (Phi) is 5.30. The van der Waals surface area contributed by atoms with Gasteiger partial charge in [-0.15, -0.1) is 0 Å². The monoisotopic (exact) mass is 355 g/mol. The van der Waals surface area contributed by atoms with Crippen LogP contribution >= 0.6 is 0 Å². The Labute approximate surface area is 149 Å². The molecule has 2 aromatic rings. The van der Waals surface area contributed by atoms with Gasteiger partial charge in [0.15, 0.2) is 5.78 Å². The lowest BCUT2D eigenvalue weighted by atomic mass is 10.0. The maximum Gasteiger partial charge on any atom is 0.229 e. The van der Waals surface area contributed by atoms with Gasteiger partial charge in [0.2, 0.25) is 6.29 Å². The molecule has 3 rings (SSSR count). The van der Waals surface area contributed by atoms with Gasteiger partial charge >= 0.3 is 0 Å². The van der Waals surface area contributed by atoms with Gasteiger partial charge < -0.3 is 24.8 Å². The maximum absolute atomic E-state index is 12.4. The number of nitriles is 1. The molecule has 7 heteroatoms. The molecule has 0 bridgehead atoms. The van der Waals surface area contributed by atoms with Crippen LogP contribution in [0, 0.1) is 11.3 Å². The van der Waals surface area contributed by atoms with E-state index in [9.17, 15) is 15.0 Å². The first-order valence-corrected chi connectivity index (χ1v) is 7.97. The van der Waals surface area contributed by atoms with E-state index in [4.69, 9.17) is 19.8 Å². The van der Waals surface area contributed by atoms with Gasteiger partial charge in [-0.25, -0.2) is 0 Å². The highest BCUT2D eigenvalue weighted by atomic mass is 16.7. The molecule has 7 nitrogen and oxygen atoms in total. The van der Waals surface area contributed by atoms with E-state index >= 15 is 0 Å². The molecule has 1 saturated heterocycles. The fraction of sp³-hybridized carbons (Fsp3) is 0.263. The van der Waals surface area contributed by atoms with Crippen molar-refractivity contribution in [2.45, 2.75) is 24.6 Å². The molecular weight excluding hydrogens is 338 g/mol. The van der Waals surface area contributed by atoms with Crippen LogP contribution in [0.2, 0.25) is 0 Å². The van der Waals surface area contributed by atoms with Crippen LogP contribution < -0.4 is 4.74 Å². The highest BCUT2D eigenvalue weighted by molar-refractivity contribution is 6.09. The number of aliphatic hydroxyl groups excluding tert-OH is 3. The van der Waals surface area contributed by atoms with Crippen molar-refractivity contribution in [3.63, 3.8) is 0 Å². The second-order valence-corrected chi connectivity index (χ2v) is 5.87. The lowest BCUT2D eigenvalue weighted by Gasteiger charge is -2.16. The highest BCUT2D eigenvalue weighted by Crippen LogP contribution is 2.25. The average molecular weight is 355 g/mol. The van der Waals surface area contributed by atoms with Crippen molar-refractivity contribution >= 4 is 5.78 Å². The first kappa shape index (κ1) is 18.0. The summed E-state index contributed by atoms with van der Waals surface area (Å²) in [5.74, 6) is 0.144. The topological polar surface area (TPSA) is 120 Å². The van der Waals surface area contributed by atoms with E-state index in [1.165, 1.54) is 0 Å². The van der Waals surface area contributed by atoms with E-state index in [0.717, 1.165) is 0 Å². The second kappa shape index (κ2) is 7.64. The summed E-state index contributed by atoms with van der Waals surface area (Å²) in [6.45, 7) is -0.434. The first-order chi connectivity index (χ1) is 12.5. The number of rotatable bonds is 5. The average Bonchev–Trinajstić information content (AvgIpc) is 2.96. The quantitative estimate of drug-likeness (QED) is 0.672. The van der Waals surface area contributed by atoms with Crippen LogP contribution in [0.5, 0.6) is 5.75 Å². The molecule has 1 aliphatic heterocycles. The molecule has 1 aliphatic rings. The Bertz CT molecular complexity index is 811. The molecule has 1 heterocycles. The molecule has 134 valence electrons. The highest BCUT2D eigenvalue weighted by Gasteiger charge is 2.43. The summed E-state index contributed by atoms with van der Waals surface area (Å²) in [7, 11) is 0. The Morgan fingerprint density at radius 3 is 2.12 bits per heavy atom. The molecule has 4 atom stereocenters. The van der Waals surface area contributed by atoms with Crippen molar-refractivity contribution in [2.24, 2.45) is 0 Å². The van der Waals surface area contributed by atoms with Gasteiger partial charge in [-0.3, -0.25) is 4.79 Å². The fourth-order valence-electron chi connectivity index (χ4n) is 2.64. The minimum Gasteiger partial charge on any atom is -0.462 e. The van der Waals surface area contributed by atoms with E-state index < -0.39 is 31.2 Å². The fourth-order valence-corrected chi connectivity index (χ4v) is 2.64. The Balaban J connectivity index is 1.68. The third-order valence-electron chi connectivity index (χ3n) is 4.14. The molecule has 0 unspecified atom stereocenters. The maximum atomic E-state index is 12.4. The van der Waals surface area contributed by atoms with Crippen molar-refractivity contribution < 1.29 is 29.6 Å². The molecule has 3 N–H and O–H groups in total. The Hall–Kier alpha value is -2.76. The summed E-state index contributed by atoms with van der Waals surface area (Å²) < 4.78 is 10.7. The number of benzene rings is 2. The van der Waals surface area contributed by atoms with Gasteiger partial charge in [-0.2, -0.15) is 5.26 Å². The van der Waals surface area contributed by atoms with E-state index in [0.29, 0.717) is 22.4 Å². The number of nitrogens with zero attached hydrogens (tertiary/aromatic N) is 1. The molecule has 0 radical (unpaired) electrons. The summed E-state index contributed by atoms with van der Waals surface area (Å²) >= 11 is 0. The molecule has 26 heavy (non-hydrogen) atoms. The minimum absolute atomic E-state index is 0.200. The molecule has 1 fully saturated rings. The van der Waals surface area contributed by atoms with Crippen LogP contribution in [0.4, 0.5) is 0 Å². The van der Waals surface area contributed by atoms with Crippen molar-refractivity contribution in [1.29, 1.82) is 5.26 Å². The van der Waals surface area contributed by atoms with E-state index in [-0.39, 0.29) is 5.78 Å². The smallest absolute Gasteiger partial charge is 0.229 e. The molecular formula is C19H17NO6. The number of ketones is 1. The van der Waals surface area contributed by atoms with E-state index in [1.54, 1.807) is 48.5 Å². The van der Waals surface area contributed by atoms with Crippen LogP contribution in [0.25, 0.3) is 0 Å². The van der Waals surface area contributed by atoms with Crippen molar-refractivity contribution in [3.8, 4) is 11.8 Å². The number of ether oxygens (including phenoxy) is 2. The molecule has 0 aromatic heterocycles. The summed E-state index contributed by atoms with van der Waals surface area (Å²) in [6, 6.07) is 14.5. The Morgan fingerprint density at radius 1 is 1.04 bits per heavy atom. The van der Waals surface area contributed by atoms with Gasteiger partial charge in [0.05, 0.1) is 18.2 Å². The molecule has 0 amide bonds. The SMILES string of the molecule is N#Cc1ccc(C(=O)c2ccc(O[C@H]3O[C@H](CO)[C@@H](O)[C@H]3O)cc2)cc1. The predicted molar refractivity (Wildman–Crippen MR) is 89.4 cm³/mol. The summed E-state index contributed by atoms with van der Waals surface area (Å²) in [5.41, 5.74) is 1.37. The van der Waals surface area contributed by atoms with Crippen LogP contribution in [-0.2, 0) is 4.74 Å². The minimum atomic E-state index is -1.29. The van der Waals surface area contributed by atoms with Gasteiger partial charge in [0.25, 0.3) is 0 Å². The Morgan fingerprint density at radius 2 is 1.62 bits per heavy atom. The lowest BCUT2D eigenvalue weighted by molar-refractivity contribution is -0.116. The van der Waals surface area contributed by atoms with Crippen LogP contribution in [-0.4, -0.2) is 52.3 Å². The number of carbonyl (C=O) groups is 1. The van der Waals surface area contributed by atoms with Gasteiger partial charge in [-0.1, -0.05) is 0 Å². The molecule has 0 spiro atoms. The normalized spacial score (nSPS) is 24.8. The van der Waals surface area contributed by atoms with Crippen LogP contribution in [0.15, 0.2) is 48.5 Å². The number of aliphatic hydroxyl groups is 3. The largest absolute Gasteiger partial charge is 0.462 e. The zero-order valence-corrected chi connectivity index (χ0v) is 13.6. The number of hydrogen-bond donors (Lipinski definition) is 3.